The fourth-order valence-electron chi connectivity index (χ4n) is 3.61. The number of hydrogen-bond acceptors (Lipinski definition) is 1. The molecule has 156 valence electrons. The van der Waals surface area contributed by atoms with Crippen LogP contribution in [0.15, 0.2) is 12.1 Å². The van der Waals surface area contributed by atoms with Crippen LogP contribution in [0.3, 0.4) is 0 Å². The molecule has 0 amide bonds. The molecule has 0 aliphatic rings. The second-order valence-electron chi connectivity index (χ2n) is 10.5. The minimum atomic E-state index is -0.0178. The first-order valence-electron chi connectivity index (χ1n) is 10.4. The van der Waals surface area contributed by atoms with Crippen molar-refractivity contribution in [2.45, 2.75) is 101 Å². The number of hydrogen-bond donors (Lipinski definition) is 1. The Morgan fingerprint density at radius 1 is 0.500 bits per heavy atom. The molecule has 1 heteroatoms. The van der Waals surface area contributed by atoms with Gasteiger partial charge in [-0.1, -0.05) is 59.2 Å². The number of phenolic OH excluding ortho intramolecular Hbond substituents is 1. The van der Waals surface area contributed by atoms with Crippen LogP contribution in [0, 0.1) is 48.5 Å². The molecular formula is C27H42O. The summed E-state index contributed by atoms with van der Waals surface area (Å²) in [4.78, 5) is 0. The van der Waals surface area contributed by atoms with Gasteiger partial charge >= 0.3 is 0 Å². The van der Waals surface area contributed by atoms with Crippen molar-refractivity contribution in [1.29, 1.82) is 0 Å². The largest absolute Gasteiger partial charge is 0.507 e. The highest BCUT2D eigenvalue weighted by molar-refractivity contribution is 5.50. The van der Waals surface area contributed by atoms with Crippen LogP contribution in [-0.2, 0) is 10.8 Å². The van der Waals surface area contributed by atoms with E-state index in [0.717, 1.165) is 11.1 Å². The second-order valence-corrected chi connectivity index (χ2v) is 10.5. The number of aromatic hydroxyl groups is 1. The first kappa shape index (κ1) is 24.3. The summed E-state index contributed by atoms with van der Waals surface area (Å²) >= 11 is 0. The minimum absolute atomic E-state index is 0.0178. The van der Waals surface area contributed by atoms with Crippen molar-refractivity contribution in [3.63, 3.8) is 0 Å². The van der Waals surface area contributed by atoms with Crippen LogP contribution in [-0.4, -0.2) is 5.11 Å². The van der Waals surface area contributed by atoms with E-state index in [4.69, 9.17) is 0 Å². The lowest BCUT2D eigenvalue weighted by Crippen LogP contribution is -2.17. The monoisotopic (exact) mass is 382 g/mol. The van der Waals surface area contributed by atoms with E-state index < -0.39 is 0 Å². The quantitative estimate of drug-likeness (QED) is 0.492. The highest BCUT2D eigenvalue weighted by atomic mass is 16.3. The molecule has 1 nitrogen and oxygen atoms in total. The van der Waals surface area contributed by atoms with E-state index >= 15 is 0 Å². The summed E-state index contributed by atoms with van der Waals surface area (Å²) in [5.74, 6) is 0.464. The summed E-state index contributed by atoms with van der Waals surface area (Å²) in [5.41, 5.74) is 12.0. The van der Waals surface area contributed by atoms with Crippen molar-refractivity contribution in [1.82, 2.24) is 0 Å². The predicted molar refractivity (Wildman–Crippen MR) is 125 cm³/mol. The van der Waals surface area contributed by atoms with Gasteiger partial charge in [0, 0.05) is 0 Å². The van der Waals surface area contributed by atoms with Gasteiger partial charge in [0.2, 0.25) is 0 Å². The minimum Gasteiger partial charge on any atom is -0.507 e. The first-order chi connectivity index (χ1) is 12.5. The molecule has 2 rings (SSSR count). The van der Waals surface area contributed by atoms with Crippen LogP contribution < -0.4 is 0 Å². The molecule has 2 aromatic rings. The molecule has 0 bridgehead atoms. The van der Waals surface area contributed by atoms with E-state index in [1.54, 1.807) is 0 Å². The summed E-state index contributed by atoms with van der Waals surface area (Å²) in [6.45, 7) is 28.2. The fraction of sp³-hybridized carbons (Fsp3) is 0.556. The summed E-state index contributed by atoms with van der Waals surface area (Å²) in [5, 5.41) is 10.4. The van der Waals surface area contributed by atoms with Crippen molar-refractivity contribution in [2.75, 3.05) is 0 Å². The molecule has 0 aliphatic carbocycles. The van der Waals surface area contributed by atoms with Crippen LogP contribution in [0.1, 0.15) is 91.6 Å². The van der Waals surface area contributed by atoms with Gasteiger partial charge in [0.25, 0.3) is 0 Å². The van der Waals surface area contributed by atoms with Gasteiger partial charge in [-0.25, -0.2) is 0 Å². The summed E-state index contributed by atoms with van der Waals surface area (Å²) < 4.78 is 0. The Morgan fingerprint density at radius 3 is 0.893 bits per heavy atom. The predicted octanol–water partition coefficient (Wildman–Crippen LogP) is 7.83. The highest BCUT2D eigenvalue weighted by Crippen LogP contribution is 2.39. The number of phenols is 1. The molecule has 0 atom stereocenters. The van der Waals surface area contributed by atoms with Gasteiger partial charge in [-0.3, -0.25) is 0 Å². The second kappa shape index (κ2) is 8.31. The molecule has 0 aromatic heterocycles. The molecule has 0 spiro atoms. The van der Waals surface area contributed by atoms with Crippen LogP contribution in [0.5, 0.6) is 5.75 Å². The van der Waals surface area contributed by atoms with Gasteiger partial charge < -0.3 is 5.11 Å². The maximum atomic E-state index is 10.4. The van der Waals surface area contributed by atoms with E-state index in [0.29, 0.717) is 5.75 Å². The third kappa shape index (κ3) is 5.19. The topological polar surface area (TPSA) is 20.2 Å². The molecule has 0 unspecified atom stereocenters. The smallest absolute Gasteiger partial charge is 0.123 e. The zero-order chi connectivity index (χ0) is 22.2. The normalized spacial score (nSPS) is 11.9. The molecular weight excluding hydrogens is 340 g/mol. The average Bonchev–Trinajstić information content (AvgIpc) is 2.57. The zero-order valence-electron chi connectivity index (χ0n) is 20.6. The van der Waals surface area contributed by atoms with Gasteiger partial charge in [0.05, 0.1) is 0 Å². The Labute approximate surface area is 174 Å². The van der Waals surface area contributed by atoms with Gasteiger partial charge in [-0.05, 0) is 104 Å². The van der Waals surface area contributed by atoms with Gasteiger partial charge in [0.1, 0.15) is 5.75 Å². The number of rotatable bonds is 0. The van der Waals surface area contributed by atoms with Crippen molar-refractivity contribution in [3.8, 4) is 5.75 Å². The Hall–Kier alpha value is -1.76. The lowest BCUT2D eigenvalue weighted by atomic mass is 9.78. The molecule has 0 radical (unpaired) electrons. The molecule has 0 saturated carbocycles. The Balaban J connectivity index is 0.000000292. The SMILES string of the molecule is Cc1c(C)c(C)c(C)c(C)c1C.Cc1cc(C(C)(C)C)c(O)c(C(C)(C)C)c1. The third-order valence-electron chi connectivity index (χ3n) is 6.25. The third-order valence-corrected chi connectivity index (χ3v) is 6.25. The van der Waals surface area contributed by atoms with E-state index in [1.165, 1.54) is 38.9 Å². The first-order valence-corrected chi connectivity index (χ1v) is 10.4. The average molecular weight is 383 g/mol. The molecule has 0 saturated heterocycles. The van der Waals surface area contributed by atoms with E-state index in [-0.39, 0.29) is 10.8 Å². The van der Waals surface area contributed by atoms with E-state index in [2.05, 4.69) is 102 Å². The highest BCUT2D eigenvalue weighted by Gasteiger charge is 2.25. The molecule has 0 heterocycles. The molecule has 0 aliphatic heterocycles. The van der Waals surface area contributed by atoms with Crippen molar-refractivity contribution in [3.05, 3.63) is 62.2 Å². The van der Waals surface area contributed by atoms with E-state index in [9.17, 15) is 5.11 Å². The van der Waals surface area contributed by atoms with Gasteiger partial charge in [-0.2, -0.15) is 0 Å². The van der Waals surface area contributed by atoms with Gasteiger partial charge in [-0.15, -0.1) is 0 Å². The molecule has 28 heavy (non-hydrogen) atoms. The molecule has 2 aromatic carbocycles. The summed E-state index contributed by atoms with van der Waals surface area (Å²) in [7, 11) is 0. The zero-order valence-corrected chi connectivity index (χ0v) is 20.6. The Bertz CT molecular complexity index is 715. The van der Waals surface area contributed by atoms with Crippen LogP contribution in [0.4, 0.5) is 0 Å². The maximum absolute atomic E-state index is 10.4. The van der Waals surface area contributed by atoms with E-state index in [1.807, 2.05) is 0 Å². The van der Waals surface area contributed by atoms with Crippen LogP contribution >= 0.6 is 0 Å². The number of aryl methyl sites for hydroxylation is 1. The van der Waals surface area contributed by atoms with Crippen LogP contribution in [0.2, 0.25) is 0 Å². The number of benzene rings is 2. The molecule has 0 fully saturated rings. The lowest BCUT2D eigenvalue weighted by molar-refractivity contribution is 0.423. The summed E-state index contributed by atoms with van der Waals surface area (Å²) in [6.07, 6.45) is 0. The molecule has 1 N–H and O–H groups in total. The van der Waals surface area contributed by atoms with Crippen molar-refractivity contribution >= 4 is 0 Å². The maximum Gasteiger partial charge on any atom is 0.123 e. The lowest BCUT2D eigenvalue weighted by Gasteiger charge is -2.27. The Morgan fingerprint density at radius 2 is 0.714 bits per heavy atom. The standard InChI is InChI=1S/C15H24O.C12H18/c1-10-8-11(14(2,3)4)13(16)12(9-10)15(5,6)7;1-7-8(2)10(4)12(6)11(5)9(7)3/h8-9,16H,1-7H3;1-6H3. The summed E-state index contributed by atoms with van der Waals surface area (Å²) in [6, 6.07) is 4.18. The van der Waals surface area contributed by atoms with Crippen LogP contribution in [0.25, 0.3) is 0 Å². The fourth-order valence-corrected chi connectivity index (χ4v) is 3.61. The van der Waals surface area contributed by atoms with Crippen molar-refractivity contribution < 1.29 is 5.11 Å². The van der Waals surface area contributed by atoms with Gasteiger partial charge in [0.15, 0.2) is 0 Å². The van der Waals surface area contributed by atoms with Crippen molar-refractivity contribution in [2.24, 2.45) is 0 Å². The Kier molecular flexibility index (Phi) is 7.21.